The van der Waals surface area contributed by atoms with Crippen LogP contribution in [0.5, 0.6) is 0 Å². The van der Waals surface area contributed by atoms with Crippen molar-refractivity contribution in [3.8, 4) is 0 Å². The first-order chi connectivity index (χ1) is 12.0. The number of hydrogen-bond acceptors (Lipinski definition) is 3. The fraction of sp³-hybridized carbons (Fsp3) is 0.278. The molecule has 2 atom stereocenters. The van der Waals surface area contributed by atoms with Gasteiger partial charge in [-0.1, -0.05) is 29.8 Å². The minimum absolute atomic E-state index is 0.0669. The molecule has 1 N–H and O–H groups in total. The van der Waals surface area contributed by atoms with E-state index in [1.807, 2.05) is 0 Å². The van der Waals surface area contributed by atoms with Crippen LogP contribution in [0.2, 0.25) is 5.02 Å². The number of morpholine rings is 1. The lowest BCUT2D eigenvalue weighted by molar-refractivity contribution is -0.147. The van der Waals surface area contributed by atoms with E-state index in [0.29, 0.717) is 25.3 Å². The second-order valence-electron chi connectivity index (χ2n) is 5.81. The van der Waals surface area contributed by atoms with E-state index in [1.54, 1.807) is 17.0 Å². The van der Waals surface area contributed by atoms with Crippen LogP contribution in [-0.4, -0.2) is 35.7 Å². The highest BCUT2D eigenvalue weighted by atomic mass is 35.5. The Labute approximate surface area is 148 Å². The smallest absolute Gasteiger partial charge is 0.325 e. The van der Waals surface area contributed by atoms with Gasteiger partial charge in [0.25, 0.3) is 0 Å². The summed E-state index contributed by atoms with van der Waals surface area (Å²) in [6.45, 7) is 1.02. The molecule has 1 heterocycles. The summed E-state index contributed by atoms with van der Waals surface area (Å²) >= 11 is 6.06. The zero-order valence-electron chi connectivity index (χ0n) is 13.2. The van der Waals surface area contributed by atoms with Gasteiger partial charge in [0, 0.05) is 18.1 Å². The van der Waals surface area contributed by atoms with Crippen molar-refractivity contribution in [3.05, 3.63) is 70.2 Å². The molecule has 0 spiro atoms. The standard InChI is InChI=1S/C18H16ClF2NO3/c19-15-9-13(21)5-6-14(15)17(18(23)24)22-7-8-25-16(10-22)11-1-3-12(20)4-2-11/h1-6,9,16-17H,7-8,10H2,(H,23,24). The first kappa shape index (κ1) is 17.8. The minimum atomic E-state index is -1.08. The number of carbonyl (C=O) groups is 1. The van der Waals surface area contributed by atoms with Crippen LogP contribution < -0.4 is 0 Å². The van der Waals surface area contributed by atoms with Crippen molar-refractivity contribution < 1.29 is 23.4 Å². The topological polar surface area (TPSA) is 49.8 Å². The number of rotatable bonds is 4. The third kappa shape index (κ3) is 3.98. The van der Waals surface area contributed by atoms with E-state index in [-0.39, 0.29) is 16.9 Å². The average Bonchev–Trinajstić information content (AvgIpc) is 2.58. The molecule has 25 heavy (non-hydrogen) atoms. The molecule has 0 saturated carbocycles. The second-order valence-corrected chi connectivity index (χ2v) is 6.22. The number of carboxylic acid groups (broad SMARTS) is 1. The van der Waals surface area contributed by atoms with Crippen molar-refractivity contribution in [2.75, 3.05) is 19.7 Å². The number of benzene rings is 2. The summed E-state index contributed by atoms with van der Waals surface area (Å²) in [5.74, 6) is -1.95. The molecule has 1 saturated heterocycles. The van der Waals surface area contributed by atoms with Gasteiger partial charge in [0.05, 0.1) is 12.7 Å². The Bertz CT molecular complexity index is 769. The Kier molecular flexibility index (Phi) is 5.32. The van der Waals surface area contributed by atoms with Crippen molar-refractivity contribution in [2.24, 2.45) is 0 Å². The molecule has 1 aliphatic rings. The molecule has 4 nitrogen and oxygen atoms in total. The molecule has 0 bridgehead atoms. The maximum absolute atomic E-state index is 13.3. The predicted octanol–water partition coefficient (Wildman–Crippen LogP) is 3.82. The van der Waals surface area contributed by atoms with E-state index < -0.39 is 17.8 Å². The minimum Gasteiger partial charge on any atom is -0.480 e. The predicted molar refractivity (Wildman–Crippen MR) is 88.5 cm³/mol. The summed E-state index contributed by atoms with van der Waals surface area (Å²) in [6, 6.07) is 8.57. The Hall–Kier alpha value is -2.02. The Balaban J connectivity index is 1.86. The summed E-state index contributed by atoms with van der Waals surface area (Å²) in [5.41, 5.74) is 1.09. The number of nitrogens with zero attached hydrogens (tertiary/aromatic N) is 1. The lowest BCUT2D eigenvalue weighted by Gasteiger charge is -2.37. The summed E-state index contributed by atoms with van der Waals surface area (Å²) < 4.78 is 32.1. The van der Waals surface area contributed by atoms with Crippen molar-refractivity contribution >= 4 is 17.6 Å². The summed E-state index contributed by atoms with van der Waals surface area (Å²) in [6.07, 6.45) is -0.379. The average molecular weight is 368 g/mol. The Morgan fingerprint density at radius 2 is 1.88 bits per heavy atom. The highest BCUT2D eigenvalue weighted by molar-refractivity contribution is 6.31. The van der Waals surface area contributed by atoms with Gasteiger partial charge in [0.2, 0.25) is 0 Å². The van der Waals surface area contributed by atoms with Crippen molar-refractivity contribution in [2.45, 2.75) is 12.1 Å². The SMILES string of the molecule is O=C(O)C(c1ccc(F)cc1Cl)N1CCOC(c2ccc(F)cc2)C1. The molecular formula is C18H16ClF2NO3. The first-order valence-corrected chi connectivity index (χ1v) is 8.12. The number of aliphatic carboxylic acids is 1. The van der Waals surface area contributed by atoms with Crippen molar-refractivity contribution in [1.82, 2.24) is 4.90 Å². The normalized spacial score (nSPS) is 19.6. The Morgan fingerprint density at radius 1 is 1.20 bits per heavy atom. The molecule has 0 aliphatic carbocycles. The molecular weight excluding hydrogens is 352 g/mol. The van der Waals surface area contributed by atoms with Gasteiger partial charge in [-0.25, -0.2) is 8.78 Å². The first-order valence-electron chi connectivity index (χ1n) is 7.74. The molecule has 132 valence electrons. The van der Waals surface area contributed by atoms with Crippen LogP contribution in [-0.2, 0) is 9.53 Å². The van der Waals surface area contributed by atoms with Crippen LogP contribution in [0.25, 0.3) is 0 Å². The van der Waals surface area contributed by atoms with Crippen LogP contribution in [0, 0.1) is 11.6 Å². The van der Waals surface area contributed by atoms with Crippen LogP contribution in [0.3, 0.4) is 0 Å². The Morgan fingerprint density at radius 3 is 2.52 bits per heavy atom. The monoisotopic (exact) mass is 367 g/mol. The van der Waals surface area contributed by atoms with Crippen LogP contribution in [0.4, 0.5) is 8.78 Å². The lowest BCUT2D eigenvalue weighted by Crippen LogP contribution is -2.43. The van der Waals surface area contributed by atoms with E-state index in [9.17, 15) is 18.7 Å². The third-order valence-electron chi connectivity index (χ3n) is 4.20. The van der Waals surface area contributed by atoms with Gasteiger partial charge < -0.3 is 9.84 Å². The fourth-order valence-corrected chi connectivity index (χ4v) is 3.26. The van der Waals surface area contributed by atoms with E-state index >= 15 is 0 Å². The van der Waals surface area contributed by atoms with Gasteiger partial charge in [0.1, 0.15) is 17.7 Å². The van der Waals surface area contributed by atoms with Gasteiger partial charge >= 0.3 is 5.97 Å². The van der Waals surface area contributed by atoms with Crippen LogP contribution >= 0.6 is 11.6 Å². The largest absolute Gasteiger partial charge is 0.480 e. The fourth-order valence-electron chi connectivity index (χ4n) is 2.99. The number of hydrogen-bond donors (Lipinski definition) is 1. The van der Waals surface area contributed by atoms with Gasteiger partial charge in [-0.05, 0) is 35.4 Å². The van der Waals surface area contributed by atoms with Gasteiger partial charge in [-0.15, -0.1) is 0 Å². The zero-order chi connectivity index (χ0) is 18.0. The highest BCUT2D eigenvalue weighted by Gasteiger charge is 2.34. The van der Waals surface area contributed by atoms with E-state index in [4.69, 9.17) is 16.3 Å². The van der Waals surface area contributed by atoms with Gasteiger partial charge in [-0.3, -0.25) is 9.69 Å². The van der Waals surface area contributed by atoms with Crippen LogP contribution in [0.15, 0.2) is 42.5 Å². The molecule has 2 aromatic rings. The van der Waals surface area contributed by atoms with E-state index in [2.05, 4.69) is 0 Å². The molecule has 3 rings (SSSR count). The van der Waals surface area contributed by atoms with Gasteiger partial charge in [0.15, 0.2) is 0 Å². The molecule has 0 aromatic heterocycles. The molecule has 0 radical (unpaired) electrons. The molecule has 0 amide bonds. The maximum atomic E-state index is 13.3. The number of halogens is 3. The van der Waals surface area contributed by atoms with E-state index in [0.717, 1.165) is 11.6 Å². The molecule has 1 aliphatic heterocycles. The summed E-state index contributed by atoms with van der Waals surface area (Å²) in [5, 5.41) is 9.75. The van der Waals surface area contributed by atoms with E-state index in [1.165, 1.54) is 24.3 Å². The quantitative estimate of drug-likeness (QED) is 0.892. The number of ether oxygens (including phenoxy) is 1. The molecule has 2 unspecified atom stereocenters. The molecule has 2 aromatic carbocycles. The number of carboxylic acids is 1. The van der Waals surface area contributed by atoms with Crippen molar-refractivity contribution in [3.63, 3.8) is 0 Å². The summed E-state index contributed by atoms with van der Waals surface area (Å²) in [7, 11) is 0. The van der Waals surface area contributed by atoms with Crippen LogP contribution in [0.1, 0.15) is 23.3 Å². The van der Waals surface area contributed by atoms with Gasteiger partial charge in [-0.2, -0.15) is 0 Å². The third-order valence-corrected chi connectivity index (χ3v) is 4.52. The van der Waals surface area contributed by atoms with Crippen molar-refractivity contribution in [1.29, 1.82) is 0 Å². The maximum Gasteiger partial charge on any atom is 0.325 e. The summed E-state index contributed by atoms with van der Waals surface area (Å²) in [4.78, 5) is 13.6. The lowest BCUT2D eigenvalue weighted by atomic mass is 10.0. The second kappa shape index (κ2) is 7.47. The highest BCUT2D eigenvalue weighted by Crippen LogP contribution is 2.32. The molecule has 7 heteroatoms. The zero-order valence-corrected chi connectivity index (χ0v) is 13.9. The molecule has 1 fully saturated rings.